The van der Waals surface area contributed by atoms with Crippen molar-refractivity contribution in [2.75, 3.05) is 0 Å². The molecule has 20 heavy (non-hydrogen) atoms. The summed E-state index contributed by atoms with van der Waals surface area (Å²) in [4.78, 5) is 14.2. The third-order valence-electron chi connectivity index (χ3n) is 3.09. The number of aromatic nitrogens is 2. The topological polar surface area (TPSA) is 25.8 Å². The molecular weight excluding hydrogens is 324 g/mol. The molecule has 6 heteroatoms. The fourth-order valence-corrected chi connectivity index (χ4v) is 6.23. The summed E-state index contributed by atoms with van der Waals surface area (Å²) in [7, 11) is 0. The Hall–Kier alpha value is -1.08. The van der Waals surface area contributed by atoms with Crippen LogP contribution < -0.4 is 0 Å². The third-order valence-corrected chi connectivity index (χ3v) is 7.46. The molecule has 4 heterocycles. The second-order valence-electron chi connectivity index (χ2n) is 4.51. The quantitative estimate of drug-likeness (QED) is 0.461. The number of hydrogen-bond acceptors (Lipinski definition) is 6. The lowest BCUT2D eigenvalue weighted by atomic mass is 10.3. The smallest absolute Gasteiger partial charge is 0.155 e. The minimum absolute atomic E-state index is 1.06. The SMILES string of the molecule is Cc1ccsc1-c1nc2sc(-c3sccc3C)nc2s1. The van der Waals surface area contributed by atoms with E-state index in [1.54, 1.807) is 45.3 Å². The molecule has 4 aromatic rings. The van der Waals surface area contributed by atoms with Crippen molar-refractivity contribution >= 4 is 55.0 Å². The first kappa shape index (κ1) is 12.6. The van der Waals surface area contributed by atoms with Crippen LogP contribution in [0, 0.1) is 13.8 Å². The van der Waals surface area contributed by atoms with Gasteiger partial charge in [0.05, 0.1) is 9.75 Å². The molecule has 2 nitrogen and oxygen atoms in total. The lowest BCUT2D eigenvalue weighted by molar-refractivity contribution is 1.47. The lowest BCUT2D eigenvalue weighted by Gasteiger charge is -1.93. The molecule has 0 spiro atoms. The van der Waals surface area contributed by atoms with Gasteiger partial charge in [0.2, 0.25) is 0 Å². The van der Waals surface area contributed by atoms with Crippen molar-refractivity contribution in [2.24, 2.45) is 0 Å². The highest BCUT2D eigenvalue weighted by atomic mass is 32.1. The van der Waals surface area contributed by atoms with Gasteiger partial charge < -0.3 is 0 Å². The molecule has 0 aliphatic rings. The number of nitrogens with zero attached hydrogens (tertiary/aromatic N) is 2. The van der Waals surface area contributed by atoms with Gasteiger partial charge in [0, 0.05) is 0 Å². The van der Waals surface area contributed by atoms with Crippen molar-refractivity contribution in [3.05, 3.63) is 34.0 Å². The molecule has 0 aliphatic heterocycles. The van der Waals surface area contributed by atoms with E-state index < -0.39 is 0 Å². The molecule has 100 valence electrons. The van der Waals surface area contributed by atoms with Gasteiger partial charge in [-0.05, 0) is 47.9 Å². The van der Waals surface area contributed by atoms with E-state index in [0.29, 0.717) is 0 Å². The van der Waals surface area contributed by atoms with Crippen LogP contribution in [-0.2, 0) is 0 Å². The normalized spacial score (nSPS) is 11.5. The number of aryl methyl sites for hydroxylation is 2. The molecule has 0 bridgehead atoms. The predicted molar refractivity (Wildman–Crippen MR) is 91.4 cm³/mol. The van der Waals surface area contributed by atoms with E-state index in [0.717, 1.165) is 19.7 Å². The van der Waals surface area contributed by atoms with Gasteiger partial charge in [-0.2, -0.15) is 0 Å². The highest BCUT2D eigenvalue weighted by molar-refractivity contribution is 7.31. The first-order chi connectivity index (χ1) is 9.72. The number of thiophene rings is 2. The fourth-order valence-electron chi connectivity index (χ4n) is 2.02. The molecule has 0 saturated heterocycles. The Kier molecular flexibility index (Phi) is 2.99. The van der Waals surface area contributed by atoms with Crippen LogP contribution in [0.1, 0.15) is 11.1 Å². The van der Waals surface area contributed by atoms with Crippen LogP contribution in [0.25, 0.3) is 29.4 Å². The molecule has 0 N–H and O–H groups in total. The summed E-state index contributed by atoms with van der Waals surface area (Å²) >= 11 is 6.90. The monoisotopic (exact) mass is 334 g/mol. The van der Waals surface area contributed by atoms with Crippen molar-refractivity contribution in [1.29, 1.82) is 0 Å². The van der Waals surface area contributed by atoms with Crippen LogP contribution >= 0.6 is 45.3 Å². The Bertz CT molecular complexity index is 792. The number of hydrogen-bond donors (Lipinski definition) is 0. The Labute approximate surface area is 132 Å². The van der Waals surface area contributed by atoms with Crippen LogP contribution in [0.3, 0.4) is 0 Å². The second-order valence-corrected chi connectivity index (χ2v) is 8.30. The van der Waals surface area contributed by atoms with E-state index in [2.05, 4.69) is 36.7 Å². The number of rotatable bonds is 2. The van der Waals surface area contributed by atoms with Gasteiger partial charge in [0.1, 0.15) is 10.0 Å². The summed E-state index contributed by atoms with van der Waals surface area (Å²) in [5.74, 6) is 0. The van der Waals surface area contributed by atoms with Crippen molar-refractivity contribution in [2.45, 2.75) is 13.8 Å². The van der Waals surface area contributed by atoms with Gasteiger partial charge in [0.25, 0.3) is 0 Å². The summed E-state index contributed by atoms with van der Waals surface area (Å²) in [5, 5.41) is 6.43. The Balaban J connectivity index is 1.82. The van der Waals surface area contributed by atoms with Gasteiger partial charge >= 0.3 is 0 Å². The zero-order valence-corrected chi connectivity index (χ0v) is 14.1. The Morgan fingerprint density at radius 3 is 1.55 bits per heavy atom. The van der Waals surface area contributed by atoms with Crippen molar-refractivity contribution < 1.29 is 0 Å². The molecule has 0 amide bonds. The summed E-state index contributed by atoms with van der Waals surface area (Å²) in [6.45, 7) is 4.27. The summed E-state index contributed by atoms with van der Waals surface area (Å²) < 4.78 is 0. The lowest BCUT2D eigenvalue weighted by Crippen LogP contribution is -1.73. The molecule has 0 fully saturated rings. The van der Waals surface area contributed by atoms with Gasteiger partial charge in [-0.3, -0.25) is 0 Å². The van der Waals surface area contributed by atoms with Gasteiger partial charge in [-0.25, -0.2) is 9.97 Å². The predicted octanol–water partition coefficient (Wildman–Crippen LogP) is 5.83. The third kappa shape index (κ3) is 1.95. The molecular formula is C14H10N2S4. The minimum atomic E-state index is 1.06. The maximum Gasteiger partial charge on any atom is 0.155 e. The van der Waals surface area contributed by atoms with Crippen molar-refractivity contribution in [1.82, 2.24) is 9.97 Å². The highest BCUT2D eigenvalue weighted by Crippen LogP contribution is 2.40. The molecule has 0 atom stereocenters. The van der Waals surface area contributed by atoms with E-state index in [9.17, 15) is 0 Å². The average molecular weight is 335 g/mol. The summed E-state index contributed by atoms with van der Waals surface area (Å²) in [6, 6.07) is 4.28. The van der Waals surface area contributed by atoms with E-state index in [1.165, 1.54) is 20.9 Å². The average Bonchev–Trinajstić information content (AvgIpc) is 3.10. The number of thiazole rings is 2. The molecule has 0 unspecified atom stereocenters. The van der Waals surface area contributed by atoms with E-state index in [1.807, 2.05) is 0 Å². The zero-order chi connectivity index (χ0) is 13.7. The first-order valence-electron chi connectivity index (χ1n) is 6.08. The molecule has 0 saturated carbocycles. The van der Waals surface area contributed by atoms with Crippen LogP contribution in [-0.4, -0.2) is 9.97 Å². The molecule has 0 aliphatic carbocycles. The van der Waals surface area contributed by atoms with E-state index >= 15 is 0 Å². The first-order valence-corrected chi connectivity index (χ1v) is 9.48. The summed E-state index contributed by atoms with van der Waals surface area (Å²) in [5.41, 5.74) is 2.59. The van der Waals surface area contributed by atoms with E-state index in [-0.39, 0.29) is 0 Å². The maximum atomic E-state index is 4.77. The molecule has 4 aromatic heterocycles. The van der Waals surface area contributed by atoms with E-state index in [4.69, 9.17) is 9.97 Å². The Morgan fingerprint density at radius 1 is 0.750 bits per heavy atom. The second kappa shape index (κ2) is 4.73. The molecule has 4 rings (SSSR count). The zero-order valence-electron chi connectivity index (χ0n) is 10.8. The van der Waals surface area contributed by atoms with Crippen LogP contribution in [0.5, 0.6) is 0 Å². The van der Waals surface area contributed by atoms with Crippen LogP contribution in [0.4, 0.5) is 0 Å². The Morgan fingerprint density at radius 2 is 1.20 bits per heavy atom. The number of fused-ring (bicyclic) bond motifs is 1. The van der Waals surface area contributed by atoms with Gasteiger partial charge in [0.15, 0.2) is 9.66 Å². The van der Waals surface area contributed by atoms with Gasteiger partial charge in [-0.1, -0.05) is 22.7 Å². The van der Waals surface area contributed by atoms with Crippen LogP contribution in [0.2, 0.25) is 0 Å². The van der Waals surface area contributed by atoms with Gasteiger partial charge in [-0.15, -0.1) is 22.7 Å². The fraction of sp³-hybridized carbons (Fsp3) is 0.143. The largest absolute Gasteiger partial charge is 0.222 e. The molecule has 0 radical (unpaired) electrons. The van der Waals surface area contributed by atoms with Crippen molar-refractivity contribution in [3.63, 3.8) is 0 Å². The summed E-state index contributed by atoms with van der Waals surface area (Å²) in [6.07, 6.45) is 0. The minimum Gasteiger partial charge on any atom is -0.222 e. The maximum absolute atomic E-state index is 4.77. The van der Waals surface area contributed by atoms with Crippen LogP contribution in [0.15, 0.2) is 22.9 Å². The standard InChI is InChI=1S/C14H10N2S4/c1-7-3-5-17-9(7)11-15-13-14(19-11)16-12(20-13)10-8(2)4-6-18-10/h3-6H,1-2H3. The highest BCUT2D eigenvalue weighted by Gasteiger charge is 2.16. The molecule has 0 aromatic carbocycles. The van der Waals surface area contributed by atoms with Crippen molar-refractivity contribution in [3.8, 4) is 19.8 Å².